The molecule has 0 aromatic carbocycles. The number of carbonyl (C=O) groups is 1. The molecule has 98 valence electrons. The lowest BCUT2D eigenvalue weighted by Crippen LogP contribution is -2.60. The third-order valence-electron chi connectivity index (χ3n) is 3.98. The molecule has 2 fully saturated rings. The first-order valence-electron chi connectivity index (χ1n) is 6.65. The summed E-state index contributed by atoms with van der Waals surface area (Å²) in [6, 6.07) is 0.441. The molecule has 0 unspecified atom stereocenters. The van der Waals surface area contributed by atoms with Crippen molar-refractivity contribution < 1.29 is 9.90 Å². The van der Waals surface area contributed by atoms with Gasteiger partial charge in [0.1, 0.15) is 5.54 Å². The largest absolute Gasteiger partial charge is 0.480 e. The highest BCUT2D eigenvalue weighted by molar-refractivity contribution is 5.79. The van der Waals surface area contributed by atoms with Gasteiger partial charge in [-0.05, 0) is 42.9 Å². The van der Waals surface area contributed by atoms with E-state index in [0.717, 1.165) is 32.1 Å². The fraction of sp³-hybridized carbons (Fsp3) is 0.929. The Kier molecular flexibility index (Phi) is 2.81. The van der Waals surface area contributed by atoms with E-state index >= 15 is 0 Å². The molecule has 17 heavy (non-hydrogen) atoms. The van der Waals surface area contributed by atoms with Crippen LogP contribution in [-0.4, -0.2) is 22.7 Å². The van der Waals surface area contributed by atoms with Crippen molar-refractivity contribution in [3.8, 4) is 0 Å². The zero-order valence-electron chi connectivity index (χ0n) is 11.5. The first-order chi connectivity index (χ1) is 7.64. The zero-order chi connectivity index (χ0) is 12.9. The molecule has 0 spiro atoms. The smallest absolute Gasteiger partial charge is 0.323 e. The van der Waals surface area contributed by atoms with Crippen LogP contribution in [0.25, 0.3) is 0 Å². The fourth-order valence-electron chi connectivity index (χ4n) is 4.05. The molecule has 0 bridgehead atoms. The predicted molar refractivity (Wildman–Crippen MR) is 67.9 cm³/mol. The molecule has 2 aliphatic carbocycles. The molecule has 0 aliphatic heterocycles. The molecule has 0 heterocycles. The maximum Gasteiger partial charge on any atom is 0.323 e. The molecule has 3 heteroatoms. The van der Waals surface area contributed by atoms with Crippen LogP contribution in [0.4, 0.5) is 0 Å². The lowest BCUT2D eigenvalue weighted by atomic mass is 9.58. The number of carboxylic acids is 1. The molecule has 2 rings (SSSR count). The highest BCUT2D eigenvalue weighted by Crippen LogP contribution is 2.50. The monoisotopic (exact) mass is 239 g/mol. The number of nitrogens with one attached hydrogen (secondary N) is 1. The molecule has 0 aromatic rings. The predicted octanol–water partition coefficient (Wildman–Crippen LogP) is 2.80. The van der Waals surface area contributed by atoms with E-state index in [1.807, 2.05) is 0 Å². The van der Waals surface area contributed by atoms with Crippen LogP contribution < -0.4 is 5.32 Å². The van der Waals surface area contributed by atoms with E-state index in [1.54, 1.807) is 0 Å². The average Bonchev–Trinajstić information content (AvgIpc) is 2.80. The third kappa shape index (κ3) is 2.82. The first kappa shape index (κ1) is 12.9. The quantitative estimate of drug-likeness (QED) is 0.796. The minimum Gasteiger partial charge on any atom is -0.480 e. The van der Waals surface area contributed by atoms with Crippen LogP contribution >= 0.6 is 0 Å². The van der Waals surface area contributed by atoms with E-state index in [0.29, 0.717) is 6.04 Å². The van der Waals surface area contributed by atoms with Crippen molar-refractivity contribution in [1.82, 2.24) is 5.32 Å². The summed E-state index contributed by atoms with van der Waals surface area (Å²) in [5.74, 6) is -0.662. The zero-order valence-corrected chi connectivity index (χ0v) is 11.5. The van der Waals surface area contributed by atoms with Gasteiger partial charge in [0.25, 0.3) is 0 Å². The Bertz CT molecular complexity index is 313. The molecule has 0 saturated heterocycles. The first-order valence-corrected chi connectivity index (χ1v) is 6.65. The molecular weight excluding hydrogens is 214 g/mol. The summed E-state index contributed by atoms with van der Waals surface area (Å²) in [6.07, 6.45) is 4.86. The van der Waals surface area contributed by atoms with Crippen LogP contribution in [0.5, 0.6) is 0 Å². The molecule has 0 aromatic heterocycles. The molecule has 0 atom stereocenters. The summed E-state index contributed by atoms with van der Waals surface area (Å²) in [7, 11) is 0. The molecule has 0 amide bonds. The lowest BCUT2D eigenvalue weighted by Gasteiger charge is -2.50. The Labute approximate surface area is 104 Å². The van der Waals surface area contributed by atoms with Gasteiger partial charge in [-0.2, -0.15) is 0 Å². The Balaban J connectivity index is 2.26. The van der Waals surface area contributed by atoms with Crippen LogP contribution in [0, 0.1) is 10.8 Å². The fourth-order valence-corrected chi connectivity index (χ4v) is 4.05. The van der Waals surface area contributed by atoms with Gasteiger partial charge in [0.2, 0.25) is 0 Å². The second-order valence-electron chi connectivity index (χ2n) is 7.66. The van der Waals surface area contributed by atoms with Crippen molar-refractivity contribution in [3.05, 3.63) is 0 Å². The number of aliphatic carboxylic acids is 1. The number of carboxylic acid groups (broad SMARTS) is 1. The average molecular weight is 239 g/mol. The normalized spacial score (nSPS) is 29.9. The van der Waals surface area contributed by atoms with Gasteiger partial charge < -0.3 is 5.11 Å². The van der Waals surface area contributed by atoms with Gasteiger partial charge in [0.05, 0.1) is 0 Å². The maximum absolute atomic E-state index is 11.8. The molecular formula is C14H25NO2. The Morgan fingerprint density at radius 1 is 1.06 bits per heavy atom. The van der Waals surface area contributed by atoms with Crippen LogP contribution in [0.1, 0.15) is 59.8 Å². The minimum absolute atomic E-state index is 0.0992. The van der Waals surface area contributed by atoms with Gasteiger partial charge in [0.15, 0.2) is 0 Å². The van der Waals surface area contributed by atoms with Crippen molar-refractivity contribution in [2.75, 3.05) is 0 Å². The SMILES string of the molecule is CC1(C)CC(C)(C)CC(NC2CC2)(C(=O)O)C1. The summed E-state index contributed by atoms with van der Waals surface area (Å²) in [6.45, 7) is 8.78. The van der Waals surface area contributed by atoms with Crippen molar-refractivity contribution in [1.29, 1.82) is 0 Å². The standard InChI is InChI=1S/C14H25NO2/c1-12(2)7-13(3,4)9-14(8-12,11(16)17)15-10-5-6-10/h10,15H,5-9H2,1-4H3,(H,16,17). The van der Waals surface area contributed by atoms with Crippen LogP contribution in [0.3, 0.4) is 0 Å². The molecule has 2 saturated carbocycles. The molecule has 2 aliphatic rings. The second kappa shape index (κ2) is 3.71. The van der Waals surface area contributed by atoms with E-state index in [4.69, 9.17) is 0 Å². The topological polar surface area (TPSA) is 49.3 Å². The van der Waals surface area contributed by atoms with Gasteiger partial charge in [-0.25, -0.2) is 0 Å². The summed E-state index contributed by atoms with van der Waals surface area (Å²) in [4.78, 5) is 11.8. The molecule has 2 N–H and O–H groups in total. The van der Waals surface area contributed by atoms with E-state index in [2.05, 4.69) is 33.0 Å². The highest BCUT2D eigenvalue weighted by Gasteiger charge is 2.53. The molecule has 3 nitrogen and oxygen atoms in total. The Hall–Kier alpha value is -0.570. The Morgan fingerprint density at radius 3 is 1.88 bits per heavy atom. The van der Waals surface area contributed by atoms with Gasteiger partial charge in [-0.3, -0.25) is 10.1 Å². The van der Waals surface area contributed by atoms with Crippen molar-refractivity contribution in [2.45, 2.75) is 71.4 Å². The van der Waals surface area contributed by atoms with Gasteiger partial charge >= 0.3 is 5.97 Å². The van der Waals surface area contributed by atoms with Crippen LogP contribution in [-0.2, 0) is 4.79 Å². The van der Waals surface area contributed by atoms with E-state index in [1.165, 1.54) is 0 Å². The van der Waals surface area contributed by atoms with Gasteiger partial charge in [-0.1, -0.05) is 27.7 Å². The maximum atomic E-state index is 11.8. The van der Waals surface area contributed by atoms with Crippen molar-refractivity contribution in [3.63, 3.8) is 0 Å². The van der Waals surface area contributed by atoms with E-state index in [9.17, 15) is 9.90 Å². The lowest BCUT2D eigenvalue weighted by molar-refractivity contribution is -0.151. The summed E-state index contributed by atoms with van der Waals surface area (Å²) >= 11 is 0. The highest BCUT2D eigenvalue weighted by atomic mass is 16.4. The van der Waals surface area contributed by atoms with Crippen molar-refractivity contribution >= 4 is 5.97 Å². The summed E-state index contributed by atoms with van der Waals surface area (Å²) < 4.78 is 0. The van der Waals surface area contributed by atoms with Crippen LogP contribution in [0.2, 0.25) is 0 Å². The number of hydrogen-bond acceptors (Lipinski definition) is 2. The number of hydrogen-bond donors (Lipinski definition) is 2. The molecule has 0 radical (unpaired) electrons. The summed E-state index contributed by atoms with van der Waals surface area (Å²) in [5.41, 5.74) is -0.503. The van der Waals surface area contributed by atoms with Crippen LogP contribution in [0.15, 0.2) is 0 Å². The van der Waals surface area contributed by atoms with E-state index < -0.39 is 11.5 Å². The van der Waals surface area contributed by atoms with E-state index in [-0.39, 0.29) is 10.8 Å². The number of rotatable bonds is 3. The van der Waals surface area contributed by atoms with Crippen molar-refractivity contribution in [2.24, 2.45) is 10.8 Å². The summed E-state index contributed by atoms with van der Waals surface area (Å²) in [5, 5.41) is 13.1. The Morgan fingerprint density at radius 2 is 1.53 bits per heavy atom. The third-order valence-corrected chi connectivity index (χ3v) is 3.98. The van der Waals surface area contributed by atoms with Gasteiger partial charge in [0, 0.05) is 6.04 Å². The second-order valence-corrected chi connectivity index (χ2v) is 7.66. The minimum atomic E-state index is -0.702. The van der Waals surface area contributed by atoms with Gasteiger partial charge in [-0.15, -0.1) is 0 Å².